The van der Waals surface area contributed by atoms with Crippen molar-refractivity contribution in [2.75, 3.05) is 18.4 Å². The fourth-order valence-corrected chi connectivity index (χ4v) is 5.11. The largest absolute Gasteiger partial charge is 0.326 e. The number of piperidine rings is 1. The Kier molecular flexibility index (Phi) is 5.99. The number of carbonyl (C=O) groups excluding carboxylic acids is 1. The summed E-state index contributed by atoms with van der Waals surface area (Å²) in [7, 11) is -3.53. The van der Waals surface area contributed by atoms with Crippen molar-refractivity contribution in [1.29, 1.82) is 0 Å². The van der Waals surface area contributed by atoms with Crippen LogP contribution in [0.3, 0.4) is 0 Å². The first kappa shape index (κ1) is 19.3. The molecule has 1 atom stereocenters. The summed E-state index contributed by atoms with van der Waals surface area (Å²) in [5.41, 5.74) is 1.22. The third-order valence-electron chi connectivity index (χ3n) is 5.36. The van der Waals surface area contributed by atoms with Crippen molar-refractivity contribution in [3.8, 4) is 0 Å². The molecule has 1 aromatic carbocycles. The lowest BCUT2D eigenvalue weighted by molar-refractivity contribution is -0.117. The summed E-state index contributed by atoms with van der Waals surface area (Å²) in [6.45, 7) is 5.93. The molecule has 2 fully saturated rings. The van der Waals surface area contributed by atoms with Gasteiger partial charge in [-0.15, -0.1) is 0 Å². The summed E-state index contributed by atoms with van der Waals surface area (Å²) in [4.78, 5) is 12.7. The number of amides is 1. The van der Waals surface area contributed by atoms with Crippen molar-refractivity contribution in [2.24, 2.45) is 11.8 Å². The summed E-state index contributed by atoms with van der Waals surface area (Å²) in [5, 5.41) is 6.22. The first-order valence-corrected chi connectivity index (χ1v) is 11.0. The Morgan fingerprint density at radius 2 is 1.92 bits per heavy atom. The quantitative estimate of drug-likeness (QED) is 0.679. The molecular weight excluding hydrogens is 350 g/mol. The zero-order valence-electron chi connectivity index (χ0n) is 15.5. The Balaban J connectivity index is 1.63. The number of anilines is 1. The highest BCUT2D eigenvalue weighted by atomic mass is 32.2. The number of nitrogens with one attached hydrogen (secondary N) is 3. The topological polar surface area (TPSA) is 87.3 Å². The maximum atomic E-state index is 12.5. The van der Waals surface area contributed by atoms with E-state index in [-0.39, 0.29) is 16.8 Å². The van der Waals surface area contributed by atoms with Gasteiger partial charge in [0.15, 0.2) is 0 Å². The van der Waals surface area contributed by atoms with Gasteiger partial charge in [-0.2, -0.15) is 0 Å². The normalized spacial score (nSPS) is 19.9. The molecule has 0 bridgehead atoms. The molecule has 1 saturated carbocycles. The monoisotopic (exact) mass is 379 g/mol. The molecule has 26 heavy (non-hydrogen) atoms. The van der Waals surface area contributed by atoms with Crippen LogP contribution in [0.2, 0.25) is 0 Å². The summed E-state index contributed by atoms with van der Waals surface area (Å²) in [6, 6.07) is 5.13. The second kappa shape index (κ2) is 8.06. The van der Waals surface area contributed by atoms with Crippen LogP contribution in [0.5, 0.6) is 0 Å². The van der Waals surface area contributed by atoms with Gasteiger partial charge in [-0.1, -0.05) is 13.0 Å². The average Bonchev–Trinajstić information content (AvgIpc) is 3.40. The van der Waals surface area contributed by atoms with Crippen LogP contribution in [-0.2, 0) is 14.8 Å². The van der Waals surface area contributed by atoms with Crippen molar-refractivity contribution >= 4 is 21.6 Å². The van der Waals surface area contributed by atoms with Crippen molar-refractivity contribution in [1.82, 2.24) is 10.0 Å². The van der Waals surface area contributed by atoms with E-state index in [9.17, 15) is 13.2 Å². The Morgan fingerprint density at radius 1 is 1.23 bits per heavy atom. The molecule has 1 unspecified atom stereocenters. The zero-order valence-corrected chi connectivity index (χ0v) is 16.4. The van der Waals surface area contributed by atoms with Crippen molar-refractivity contribution in [3.63, 3.8) is 0 Å². The van der Waals surface area contributed by atoms with Gasteiger partial charge in [-0.3, -0.25) is 4.79 Å². The van der Waals surface area contributed by atoms with Gasteiger partial charge in [0.05, 0.1) is 4.90 Å². The molecule has 144 valence electrons. The second-order valence-corrected chi connectivity index (χ2v) is 9.38. The Morgan fingerprint density at radius 3 is 2.58 bits per heavy atom. The summed E-state index contributed by atoms with van der Waals surface area (Å²) in [6.07, 6.45) is 4.45. The van der Waals surface area contributed by atoms with E-state index in [0.717, 1.165) is 38.8 Å². The van der Waals surface area contributed by atoms with Gasteiger partial charge in [-0.05, 0) is 75.2 Å². The smallest absolute Gasteiger partial charge is 0.241 e. The predicted molar refractivity (Wildman–Crippen MR) is 103 cm³/mol. The number of carbonyl (C=O) groups is 1. The van der Waals surface area contributed by atoms with E-state index >= 15 is 0 Å². The number of hydrogen-bond acceptors (Lipinski definition) is 4. The van der Waals surface area contributed by atoms with E-state index in [1.807, 2.05) is 0 Å². The minimum atomic E-state index is -3.53. The third-order valence-corrected chi connectivity index (χ3v) is 7.02. The fourth-order valence-electron chi connectivity index (χ4n) is 3.54. The van der Waals surface area contributed by atoms with Crippen LogP contribution in [0.25, 0.3) is 0 Å². The molecule has 0 spiro atoms. The number of hydrogen-bond donors (Lipinski definition) is 3. The number of aryl methyl sites for hydroxylation is 1. The number of benzene rings is 1. The second-order valence-electron chi connectivity index (χ2n) is 7.69. The van der Waals surface area contributed by atoms with Gasteiger partial charge < -0.3 is 10.6 Å². The lowest BCUT2D eigenvalue weighted by Crippen LogP contribution is -2.32. The lowest BCUT2D eigenvalue weighted by Gasteiger charge is -2.27. The van der Waals surface area contributed by atoms with E-state index in [4.69, 9.17) is 0 Å². The van der Waals surface area contributed by atoms with Crippen molar-refractivity contribution < 1.29 is 13.2 Å². The molecule has 0 aromatic heterocycles. The van der Waals surface area contributed by atoms with E-state index in [2.05, 4.69) is 22.3 Å². The van der Waals surface area contributed by atoms with E-state index in [1.54, 1.807) is 25.1 Å². The molecule has 1 aliphatic carbocycles. The fraction of sp³-hybridized carbons (Fsp3) is 0.632. The summed E-state index contributed by atoms with van der Waals surface area (Å²) in [5.74, 6) is 0.833. The van der Waals surface area contributed by atoms with Crippen LogP contribution in [0.1, 0.15) is 44.6 Å². The number of sulfonamides is 1. The van der Waals surface area contributed by atoms with Gasteiger partial charge in [0.1, 0.15) is 0 Å². The highest BCUT2D eigenvalue weighted by Gasteiger charge is 2.29. The van der Waals surface area contributed by atoms with Gasteiger partial charge in [0, 0.05) is 18.2 Å². The molecule has 3 rings (SSSR count). The summed E-state index contributed by atoms with van der Waals surface area (Å²) >= 11 is 0. The highest BCUT2D eigenvalue weighted by molar-refractivity contribution is 7.89. The first-order valence-electron chi connectivity index (χ1n) is 9.49. The molecule has 1 heterocycles. The first-order chi connectivity index (χ1) is 12.3. The SMILES string of the molecule is Cc1ccc(NC(=O)CC(C)C2CCNCC2)cc1S(=O)(=O)NC1CC1. The molecule has 1 aliphatic heterocycles. The standard InChI is InChI=1S/C19H29N3O3S/c1-13-3-4-17(12-18(13)26(24,25)22-16-5-6-16)21-19(23)11-14(2)15-7-9-20-10-8-15/h3-4,12,14-16,20,22H,5-11H2,1-2H3,(H,21,23). The van der Waals surface area contributed by atoms with Crippen molar-refractivity contribution in [2.45, 2.75) is 56.9 Å². The molecule has 6 nitrogen and oxygen atoms in total. The lowest BCUT2D eigenvalue weighted by atomic mass is 9.84. The molecule has 3 N–H and O–H groups in total. The number of rotatable bonds is 7. The van der Waals surface area contributed by atoms with Gasteiger partial charge in [0.2, 0.25) is 15.9 Å². The van der Waals surface area contributed by atoms with Gasteiger partial charge >= 0.3 is 0 Å². The van der Waals surface area contributed by atoms with Crippen LogP contribution < -0.4 is 15.4 Å². The predicted octanol–water partition coefficient (Wildman–Crippen LogP) is 2.40. The van der Waals surface area contributed by atoms with E-state index in [0.29, 0.717) is 29.5 Å². The van der Waals surface area contributed by atoms with Crippen LogP contribution in [0.15, 0.2) is 23.1 Å². The minimum Gasteiger partial charge on any atom is -0.326 e. The van der Waals surface area contributed by atoms with Crippen LogP contribution in [-0.4, -0.2) is 33.5 Å². The van der Waals surface area contributed by atoms with Gasteiger partial charge in [-0.25, -0.2) is 13.1 Å². The molecule has 1 amide bonds. The molecular formula is C19H29N3O3S. The maximum absolute atomic E-state index is 12.5. The van der Waals surface area contributed by atoms with Crippen LogP contribution in [0.4, 0.5) is 5.69 Å². The Labute approximate surface area is 156 Å². The molecule has 2 aliphatic rings. The Hall–Kier alpha value is -1.44. The molecule has 0 radical (unpaired) electrons. The Bertz CT molecular complexity index is 753. The van der Waals surface area contributed by atoms with Gasteiger partial charge in [0.25, 0.3) is 0 Å². The van der Waals surface area contributed by atoms with Crippen LogP contribution >= 0.6 is 0 Å². The summed E-state index contributed by atoms with van der Waals surface area (Å²) < 4.78 is 27.7. The van der Waals surface area contributed by atoms with E-state index in [1.165, 1.54) is 0 Å². The average molecular weight is 380 g/mol. The molecule has 1 saturated heterocycles. The zero-order chi connectivity index (χ0) is 18.7. The third kappa shape index (κ3) is 5.05. The maximum Gasteiger partial charge on any atom is 0.241 e. The van der Waals surface area contributed by atoms with Crippen LogP contribution in [0, 0.1) is 18.8 Å². The van der Waals surface area contributed by atoms with Crippen molar-refractivity contribution in [3.05, 3.63) is 23.8 Å². The molecule has 7 heteroatoms. The highest BCUT2D eigenvalue weighted by Crippen LogP contribution is 2.27. The minimum absolute atomic E-state index is 0.0571. The van der Waals surface area contributed by atoms with E-state index < -0.39 is 10.0 Å². The molecule has 1 aromatic rings.